The van der Waals surface area contributed by atoms with Crippen molar-refractivity contribution in [2.24, 2.45) is 0 Å². The Labute approximate surface area is 161 Å². The van der Waals surface area contributed by atoms with Gasteiger partial charge >= 0.3 is 0 Å². The minimum atomic E-state index is -0.238. The van der Waals surface area contributed by atoms with Crippen LogP contribution in [0.15, 0.2) is 4.79 Å². The van der Waals surface area contributed by atoms with Gasteiger partial charge < -0.3 is 14.6 Å². The highest BCUT2D eigenvalue weighted by Crippen LogP contribution is 2.34. The maximum Gasteiger partial charge on any atom is 0.259 e. The van der Waals surface area contributed by atoms with Gasteiger partial charge in [-0.1, -0.05) is 0 Å². The second-order valence-electron chi connectivity index (χ2n) is 7.65. The zero-order valence-electron chi connectivity index (χ0n) is 15.3. The van der Waals surface area contributed by atoms with Crippen molar-refractivity contribution in [3.05, 3.63) is 26.6 Å². The number of aromatic amines is 1. The van der Waals surface area contributed by atoms with Crippen LogP contribution >= 0.6 is 11.3 Å². The van der Waals surface area contributed by atoms with E-state index < -0.39 is 0 Å². The van der Waals surface area contributed by atoms with E-state index in [0.717, 1.165) is 61.2 Å². The van der Waals surface area contributed by atoms with Crippen molar-refractivity contribution in [1.82, 2.24) is 19.8 Å². The molecule has 1 amide bonds. The number of fused-ring (bicyclic) bond motifs is 3. The van der Waals surface area contributed by atoms with Crippen LogP contribution in [0.4, 0.5) is 0 Å². The third-order valence-corrected chi connectivity index (χ3v) is 7.07. The molecular weight excluding hydrogens is 364 g/mol. The average molecular weight is 388 g/mol. The zero-order chi connectivity index (χ0) is 18.4. The molecule has 1 unspecified atom stereocenters. The van der Waals surface area contributed by atoms with Crippen LogP contribution in [0.25, 0.3) is 10.2 Å². The number of H-pyrrole nitrogens is 1. The van der Waals surface area contributed by atoms with Crippen LogP contribution < -0.4 is 5.56 Å². The summed E-state index contributed by atoms with van der Waals surface area (Å²) in [5.41, 5.74) is 1.22. The molecule has 8 heteroatoms. The quantitative estimate of drug-likeness (QED) is 0.857. The predicted octanol–water partition coefficient (Wildman–Crippen LogP) is 1.30. The van der Waals surface area contributed by atoms with Crippen molar-refractivity contribution in [3.8, 4) is 0 Å². The number of ether oxygens (including phenoxy) is 1. The number of aryl methyl sites for hydroxylation is 2. The number of amides is 1. The highest BCUT2D eigenvalue weighted by Gasteiger charge is 2.30. The molecule has 2 aromatic rings. The summed E-state index contributed by atoms with van der Waals surface area (Å²) in [6.07, 6.45) is 4.80. The van der Waals surface area contributed by atoms with E-state index in [9.17, 15) is 9.59 Å². The van der Waals surface area contributed by atoms with Gasteiger partial charge in [-0.2, -0.15) is 0 Å². The number of carbonyl (C=O) groups is 1. The van der Waals surface area contributed by atoms with Gasteiger partial charge in [0.2, 0.25) is 0 Å². The molecule has 5 rings (SSSR count). The van der Waals surface area contributed by atoms with E-state index in [0.29, 0.717) is 26.2 Å². The second-order valence-corrected chi connectivity index (χ2v) is 8.74. The van der Waals surface area contributed by atoms with E-state index in [-0.39, 0.29) is 17.6 Å². The van der Waals surface area contributed by atoms with E-state index in [1.54, 1.807) is 11.3 Å². The van der Waals surface area contributed by atoms with Crippen molar-refractivity contribution in [2.45, 2.75) is 44.8 Å². The Morgan fingerprint density at radius 2 is 2.07 bits per heavy atom. The molecule has 0 bridgehead atoms. The fraction of sp³-hybridized carbons (Fsp3) is 0.632. The largest absolute Gasteiger partial charge is 0.368 e. The lowest BCUT2D eigenvalue weighted by atomic mass is 10.2. The Morgan fingerprint density at radius 3 is 2.85 bits per heavy atom. The third-order valence-electron chi connectivity index (χ3n) is 5.89. The normalized spacial score (nSPS) is 23.3. The molecule has 0 aromatic carbocycles. The van der Waals surface area contributed by atoms with Crippen LogP contribution in [-0.2, 0) is 28.9 Å². The van der Waals surface area contributed by atoms with Crippen molar-refractivity contribution >= 4 is 27.5 Å². The molecule has 27 heavy (non-hydrogen) atoms. The van der Waals surface area contributed by atoms with E-state index in [1.165, 1.54) is 10.4 Å². The fourth-order valence-electron chi connectivity index (χ4n) is 4.44. The first kappa shape index (κ1) is 17.3. The minimum absolute atomic E-state index is 0.00148. The molecule has 3 aliphatic rings. The van der Waals surface area contributed by atoms with Crippen molar-refractivity contribution in [1.29, 1.82) is 0 Å². The number of carbonyl (C=O) groups excluding carboxylic acids is 1. The van der Waals surface area contributed by atoms with Crippen molar-refractivity contribution in [3.63, 3.8) is 0 Å². The SMILES string of the molecule is O=C(C1CCCO1)N1CCN(Cc2nc3sc4c(c3c(=O)[nH]2)CCC4)CC1. The first-order chi connectivity index (χ1) is 13.2. The fourth-order valence-corrected chi connectivity index (χ4v) is 5.72. The maximum atomic E-state index is 12.6. The topological polar surface area (TPSA) is 78.5 Å². The standard InChI is InChI=1S/C19H24N4O3S/c24-17-16-12-3-1-5-14(12)27-18(16)21-15(20-17)11-22-6-8-23(9-7-22)19(25)13-4-2-10-26-13/h13H,1-11H2,(H,20,21,24). The van der Waals surface area contributed by atoms with E-state index in [1.807, 2.05) is 4.90 Å². The van der Waals surface area contributed by atoms with Crippen LogP contribution in [0.3, 0.4) is 0 Å². The first-order valence-corrected chi connectivity index (χ1v) is 10.7. The molecule has 2 aliphatic heterocycles. The summed E-state index contributed by atoms with van der Waals surface area (Å²) in [5, 5.41) is 0.809. The Hall–Kier alpha value is -1.77. The van der Waals surface area contributed by atoms with Gasteiger partial charge in [0.05, 0.1) is 11.9 Å². The Bertz CT molecular complexity index is 923. The smallest absolute Gasteiger partial charge is 0.259 e. The molecule has 144 valence electrons. The highest BCUT2D eigenvalue weighted by molar-refractivity contribution is 7.18. The highest BCUT2D eigenvalue weighted by atomic mass is 32.1. The van der Waals surface area contributed by atoms with Crippen molar-refractivity contribution in [2.75, 3.05) is 32.8 Å². The lowest BCUT2D eigenvalue weighted by Gasteiger charge is -2.35. The van der Waals surface area contributed by atoms with E-state index in [2.05, 4.69) is 9.88 Å². The Kier molecular flexibility index (Phi) is 4.49. The molecule has 0 radical (unpaired) electrons. The van der Waals surface area contributed by atoms with Crippen LogP contribution in [0.2, 0.25) is 0 Å². The minimum Gasteiger partial charge on any atom is -0.368 e. The monoisotopic (exact) mass is 388 g/mol. The maximum absolute atomic E-state index is 12.6. The van der Waals surface area contributed by atoms with Crippen molar-refractivity contribution < 1.29 is 9.53 Å². The summed E-state index contributed by atoms with van der Waals surface area (Å²) in [4.78, 5) is 39.1. The van der Waals surface area contributed by atoms with Gasteiger partial charge in [0.1, 0.15) is 16.8 Å². The Morgan fingerprint density at radius 1 is 1.22 bits per heavy atom. The number of thiophene rings is 1. The summed E-state index contributed by atoms with van der Waals surface area (Å²) in [6.45, 7) is 4.32. The molecular formula is C19H24N4O3S. The summed E-state index contributed by atoms with van der Waals surface area (Å²) < 4.78 is 5.52. The third kappa shape index (κ3) is 3.19. The number of aromatic nitrogens is 2. The van der Waals surface area contributed by atoms with Crippen LogP contribution in [0, 0.1) is 0 Å². The number of nitrogens with one attached hydrogen (secondary N) is 1. The van der Waals surface area contributed by atoms with Gasteiger partial charge in [0.25, 0.3) is 11.5 Å². The van der Waals surface area contributed by atoms with E-state index >= 15 is 0 Å². The summed E-state index contributed by atoms with van der Waals surface area (Å²) >= 11 is 1.68. The molecule has 2 saturated heterocycles. The second kappa shape index (κ2) is 7.00. The number of nitrogens with zero attached hydrogens (tertiary/aromatic N) is 3. The van der Waals surface area contributed by atoms with Gasteiger partial charge in [-0.15, -0.1) is 11.3 Å². The van der Waals surface area contributed by atoms with Gasteiger partial charge in [-0.3, -0.25) is 14.5 Å². The summed E-state index contributed by atoms with van der Waals surface area (Å²) in [7, 11) is 0. The van der Waals surface area contributed by atoms with Crippen LogP contribution in [0.1, 0.15) is 35.5 Å². The number of hydrogen-bond acceptors (Lipinski definition) is 6. The Balaban J connectivity index is 1.25. The van der Waals surface area contributed by atoms with Gasteiger partial charge in [-0.25, -0.2) is 4.98 Å². The lowest BCUT2D eigenvalue weighted by molar-refractivity contribution is -0.142. The molecule has 1 atom stereocenters. The molecule has 2 fully saturated rings. The summed E-state index contributed by atoms with van der Waals surface area (Å²) in [6, 6.07) is 0. The molecule has 1 N–H and O–H groups in total. The molecule has 2 aromatic heterocycles. The van der Waals surface area contributed by atoms with Gasteiger partial charge in [0, 0.05) is 37.7 Å². The molecule has 0 spiro atoms. The first-order valence-electron chi connectivity index (χ1n) is 9.85. The zero-order valence-corrected chi connectivity index (χ0v) is 16.1. The average Bonchev–Trinajstić information content (AvgIpc) is 3.38. The predicted molar refractivity (Wildman–Crippen MR) is 103 cm³/mol. The number of rotatable bonds is 3. The number of hydrogen-bond donors (Lipinski definition) is 1. The van der Waals surface area contributed by atoms with E-state index in [4.69, 9.17) is 9.72 Å². The van der Waals surface area contributed by atoms with Gasteiger partial charge in [-0.05, 0) is 37.7 Å². The van der Waals surface area contributed by atoms with Crippen LogP contribution in [-0.4, -0.2) is 64.6 Å². The van der Waals surface area contributed by atoms with Gasteiger partial charge in [0.15, 0.2) is 0 Å². The molecule has 7 nitrogen and oxygen atoms in total. The molecule has 0 saturated carbocycles. The number of piperazine rings is 1. The molecule has 4 heterocycles. The lowest BCUT2D eigenvalue weighted by Crippen LogP contribution is -2.51. The summed E-state index contributed by atoms with van der Waals surface area (Å²) in [5.74, 6) is 0.861. The molecule has 1 aliphatic carbocycles. The van der Waals surface area contributed by atoms with Crippen LogP contribution in [0.5, 0.6) is 0 Å².